The van der Waals surface area contributed by atoms with Gasteiger partial charge in [0.1, 0.15) is 17.6 Å². The van der Waals surface area contributed by atoms with Crippen LogP contribution in [0.1, 0.15) is 24.8 Å². The van der Waals surface area contributed by atoms with Gasteiger partial charge in [-0.2, -0.15) is 0 Å². The van der Waals surface area contributed by atoms with Gasteiger partial charge in [-0.15, -0.1) is 0 Å². The SMILES string of the molecule is O=C(CS(=O)(=O)Cc1cccc(F)c1)NC1CCCCNC1=O. The second-order valence-corrected chi connectivity index (χ2v) is 7.63. The molecule has 8 heteroatoms. The molecule has 1 heterocycles. The summed E-state index contributed by atoms with van der Waals surface area (Å²) in [6, 6.07) is 4.53. The molecule has 2 N–H and O–H groups in total. The van der Waals surface area contributed by atoms with E-state index < -0.39 is 39.1 Å². The Morgan fingerprint density at radius 1 is 1.35 bits per heavy atom. The molecule has 1 aliphatic heterocycles. The van der Waals surface area contributed by atoms with Gasteiger partial charge in [0, 0.05) is 6.54 Å². The number of hydrogen-bond acceptors (Lipinski definition) is 4. The number of carbonyl (C=O) groups is 2. The molecule has 23 heavy (non-hydrogen) atoms. The summed E-state index contributed by atoms with van der Waals surface area (Å²) < 4.78 is 37.1. The first-order valence-electron chi connectivity index (χ1n) is 7.38. The summed E-state index contributed by atoms with van der Waals surface area (Å²) in [7, 11) is -3.74. The van der Waals surface area contributed by atoms with Gasteiger partial charge in [-0.3, -0.25) is 9.59 Å². The average Bonchev–Trinajstić information content (AvgIpc) is 2.63. The summed E-state index contributed by atoms with van der Waals surface area (Å²) in [4.78, 5) is 23.6. The van der Waals surface area contributed by atoms with E-state index in [9.17, 15) is 22.4 Å². The molecule has 1 unspecified atom stereocenters. The fraction of sp³-hybridized carbons (Fsp3) is 0.467. The fourth-order valence-electron chi connectivity index (χ4n) is 2.44. The predicted molar refractivity (Wildman–Crippen MR) is 82.7 cm³/mol. The molecule has 1 aliphatic rings. The van der Waals surface area contributed by atoms with E-state index in [1.165, 1.54) is 18.2 Å². The van der Waals surface area contributed by atoms with E-state index in [4.69, 9.17) is 0 Å². The van der Waals surface area contributed by atoms with Gasteiger partial charge in [0.15, 0.2) is 9.84 Å². The lowest BCUT2D eigenvalue weighted by Crippen LogP contribution is -2.47. The van der Waals surface area contributed by atoms with Crippen molar-refractivity contribution >= 4 is 21.7 Å². The molecular formula is C15H19FN2O4S. The summed E-state index contributed by atoms with van der Waals surface area (Å²) in [5.41, 5.74) is 0.282. The van der Waals surface area contributed by atoms with Crippen molar-refractivity contribution in [2.24, 2.45) is 0 Å². The summed E-state index contributed by atoms with van der Waals surface area (Å²) in [6.45, 7) is 0.559. The molecule has 0 aliphatic carbocycles. The fourth-order valence-corrected chi connectivity index (χ4v) is 3.72. The number of rotatable bonds is 5. The van der Waals surface area contributed by atoms with Crippen LogP contribution in [0.2, 0.25) is 0 Å². The molecule has 0 bridgehead atoms. The van der Waals surface area contributed by atoms with Gasteiger partial charge in [0.2, 0.25) is 11.8 Å². The molecule has 1 aromatic rings. The minimum absolute atomic E-state index is 0.282. The van der Waals surface area contributed by atoms with Crippen LogP contribution in [0.5, 0.6) is 0 Å². The maximum atomic E-state index is 13.1. The highest BCUT2D eigenvalue weighted by atomic mass is 32.2. The van der Waals surface area contributed by atoms with Gasteiger partial charge < -0.3 is 10.6 Å². The van der Waals surface area contributed by atoms with Crippen LogP contribution in [-0.4, -0.2) is 38.6 Å². The van der Waals surface area contributed by atoms with Crippen LogP contribution in [0.25, 0.3) is 0 Å². The third-order valence-electron chi connectivity index (χ3n) is 3.50. The molecule has 126 valence electrons. The zero-order valence-electron chi connectivity index (χ0n) is 12.5. The van der Waals surface area contributed by atoms with E-state index in [0.717, 1.165) is 18.9 Å². The highest BCUT2D eigenvalue weighted by Gasteiger charge is 2.25. The van der Waals surface area contributed by atoms with Gasteiger partial charge >= 0.3 is 0 Å². The third-order valence-corrected chi connectivity index (χ3v) is 4.97. The van der Waals surface area contributed by atoms with E-state index >= 15 is 0 Å². The smallest absolute Gasteiger partial charge is 0.242 e. The first-order chi connectivity index (χ1) is 10.9. The van der Waals surface area contributed by atoms with Crippen molar-refractivity contribution in [3.63, 3.8) is 0 Å². The topological polar surface area (TPSA) is 92.3 Å². The molecular weight excluding hydrogens is 323 g/mol. The Labute approximate surface area is 134 Å². The molecule has 1 aromatic carbocycles. The zero-order valence-corrected chi connectivity index (χ0v) is 13.4. The second kappa shape index (κ2) is 7.54. The zero-order chi connectivity index (χ0) is 16.9. The lowest BCUT2D eigenvalue weighted by molar-refractivity contribution is -0.127. The number of halogens is 1. The molecule has 1 atom stereocenters. The van der Waals surface area contributed by atoms with Crippen molar-refractivity contribution in [1.29, 1.82) is 0 Å². The maximum absolute atomic E-state index is 13.1. The van der Waals surface area contributed by atoms with Gasteiger partial charge in [-0.05, 0) is 37.0 Å². The van der Waals surface area contributed by atoms with E-state index in [2.05, 4.69) is 10.6 Å². The number of hydrogen-bond donors (Lipinski definition) is 2. The standard InChI is InChI=1S/C15H19FN2O4S/c16-12-5-3-4-11(8-12)9-23(21,22)10-14(19)18-13-6-1-2-7-17-15(13)20/h3-5,8,13H,1-2,6-7,9-10H2,(H,17,20)(H,18,19). The van der Waals surface area contributed by atoms with Gasteiger partial charge in [-0.1, -0.05) is 12.1 Å². The molecule has 6 nitrogen and oxygen atoms in total. The van der Waals surface area contributed by atoms with Crippen LogP contribution in [0.3, 0.4) is 0 Å². The van der Waals surface area contributed by atoms with Crippen molar-refractivity contribution in [3.8, 4) is 0 Å². The number of benzene rings is 1. The lowest BCUT2D eigenvalue weighted by atomic mass is 10.1. The van der Waals surface area contributed by atoms with Gasteiger partial charge in [0.05, 0.1) is 5.75 Å². The maximum Gasteiger partial charge on any atom is 0.242 e. The largest absolute Gasteiger partial charge is 0.354 e. The van der Waals surface area contributed by atoms with E-state index in [1.807, 2.05) is 0 Å². The van der Waals surface area contributed by atoms with Crippen molar-refractivity contribution < 1.29 is 22.4 Å². The minimum atomic E-state index is -3.74. The Bertz CT molecular complexity index is 690. The molecule has 0 saturated carbocycles. The number of carbonyl (C=O) groups excluding carboxylic acids is 2. The number of sulfone groups is 1. The van der Waals surface area contributed by atoms with Crippen molar-refractivity contribution in [2.45, 2.75) is 31.1 Å². The Morgan fingerprint density at radius 2 is 2.13 bits per heavy atom. The lowest BCUT2D eigenvalue weighted by Gasteiger charge is -2.15. The Hall–Kier alpha value is -1.96. The summed E-state index contributed by atoms with van der Waals surface area (Å²) in [5, 5.41) is 5.12. The van der Waals surface area contributed by atoms with Crippen LogP contribution in [0.4, 0.5) is 4.39 Å². The molecule has 1 fully saturated rings. The van der Waals surface area contributed by atoms with Crippen LogP contribution >= 0.6 is 0 Å². The van der Waals surface area contributed by atoms with Crippen LogP contribution in [0, 0.1) is 5.82 Å². The number of amides is 2. The van der Waals surface area contributed by atoms with Crippen LogP contribution in [0.15, 0.2) is 24.3 Å². The van der Waals surface area contributed by atoms with Gasteiger partial charge in [0.25, 0.3) is 0 Å². The van der Waals surface area contributed by atoms with Crippen LogP contribution < -0.4 is 10.6 Å². The quantitative estimate of drug-likeness (QED) is 0.816. The van der Waals surface area contributed by atoms with E-state index in [0.29, 0.717) is 13.0 Å². The highest BCUT2D eigenvalue weighted by Crippen LogP contribution is 2.10. The predicted octanol–water partition coefficient (Wildman–Crippen LogP) is 0.525. The second-order valence-electron chi connectivity index (χ2n) is 5.57. The van der Waals surface area contributed by atoms with Crippen molar-refractivity contribution in [1.82, 2.24) is 10.6 Å². The highest BCUT2D eigenvalue weighted by molar-refractivity contribution is 7.91. The van der Waals surface area contributed by atoms with Crippen LogP contribution in [-0.2, 0) is 25.2 Å². The van der Waals surface area contributed by atoms with E-state index in [1.54, 1.807) is 0 Å². The summed E-state index contributed by atoms with van der Waals surface area (Å²) in [5.74, 6) is -2.69. The third kappa shape index (κ3) is 5.63. The molecule has 0 radical (unpaired) electrons. The average molecular weight is 342 g/mol. The molecule has 0 spiro atoms. The molecule has 1 saturated heterocycles. The summed E-state index contributed by atoms with van der Waals surface area (Å²) in [6.07, 6.45) is 2.09. The van der Waals surface area contributed by atoms with E-state index in [-0.39, 0.29) is 11.5 Å². The molecule has 0 aromatic heterocycles. The Balaban J connectivity index is 1.94. The first-order valence-corrected chi connectivity index (χ1v) is 9.20. The summed E-state index contributed by atoms with van der Waals surface area (Å²) >= 11 is 0. The molecule has 2 rings (SSSR count). The van der Waals surface area contributed by atoms with Crippen molar-refractivity contribution in [2.75, 3.05) is 12.3 Å². The van der Waals surface area contributed by atoms with Gasteiger partial charge in [-0.25, -0.2) is 12.8 Å². The normalized spacial score (nSPS) is 18.8. The molecule has 2 amide bonds. The number of nitrogens with one attached hydrogen (secondary N) is 2. The Kier molecular flexibility index (Phi) is 5.70. The first kappa shape index (κ1) is 17.4. The van der Waals surface area contributed by atoms with Crippen molar-refractivity contribution in [3.05, 3.63) is 35.6 Å². The minimum Gasteiger partial charge on any atom is -0.354 e. The Morgan fingerprint density at radius 3 is 2.87 bits per heavy atom. The monoisotopic (exact) mass is 342 g/mol.